The van der Waals surface area contributed by atoms with E-state index < -0.39 is 22.0 Å². The van der Waals surface area contributed by atoms with Crippen LogP contribution in [0.1, 0.15) is 50.3 Å². The first-order valence-electron chi connectivity index (χ1n) is 11.7. The van der Waals surface area contributed by atoms with Crippen molar-refractivity contribution in [2.75, 3.05) is 13.6 Å². The quantitative estimate of drug-likeness (QED) is 0.524. The van der Waals surface area contributed by atoms with Crippen LogP contribution in [0.5, 0.6) is 0 Å². The molecule has 2 aromatic carbocycles. The summed E-state index contributed by atoms with van der Waals surface area (Å²) in [5.74, 6) is -0.657. The SMILES string of the molecule is CC[C@H](C(=O)N[C@@H](C)CC)N(Cc1ccccc1C)C(=O)CN(C)S(=O)(=O)c1ccc(C)cc1. The number of benzene rings is 2. The Balaban J connectivity index is 2.34. The van der Waals surface area contributed by atoms with Gasteiger partial charge in [-0.15, -0.1) is 0 Å². The lowest BCUT2D eigenvalue weighted by atomic mass is 10.1. The molecule has 0 fully saturated rings. The fourth-order valence-corrected chi connectivity index (χ4v) is 4.71. The van der Waals surface area contributed by atoms with E-state index in [4.69, 9.17) is 0 Å². The van der Waals surface area contributed by atoms with E-state index in [2.05, 4.69) is 5.32 Å². The molecular formula is C26H37N3O4S. The van der Waals surface area contributed by atoms with Crippen molar-refractivity contribution >= 4 is 21.8 Å². The van der Waals surface area contributed by atoms with Gasteiger partial charge >= 0.3 is 0 Å². The number of amides is 2. The molecule has 0 radical (unpaired) electrons. The van der Waals surface area contributed by atoms with Crippen molar-refractivity contribution in [2.45, 2.75) is 71.0 Å². The van der Waals surface area contributed by atoms with E-state index in [9.17, 15) is 18.0 Å². The van der Waals surface area contributed by atoms with Gasteiger partial charge in [0, 0.05) is 19.6 Å². The Morgan fingerprint density at radius 1 is 0.971 bits per heavy atom. The Morgan fingerprint density at radius 2 is 1.59 bits per heavy atom. The highest BCUT2D eigenvalue weighted by Gasteiger charge is 2.32. The van der Waals surface area contributed by atoms with Crippen LogP contribution in [0.25, 0.3) is 0 Å². The summed E-state index contributed by atoms with van der Waals surface area (Å²) < 4.78 is 27.1. The van der Waals surface area contributed by atoms with E-state index in [1.165, 1.54) is 24.1 Å². The summed E-state index contributed by atoms with van der Waals surface area (Å²) in [5.41, 5.74) is 2.85. The van der Waals surface area contributed by atoms with Crippen LogP contribution in [0.3, 0.4) is 0 Å². The second-order valence-corrected chi connectivity index (χ2v) is 10.8. The van der Waals surface area contributed by atoms with Gasteiger partial charge in [0.15, 0.2) is 0 Å². The number of nitrogens with one attached hydrogen (secondary N) is 1. The van der Waals surface area contributed by atoms with Gasteiger partial charge in [-0.25, -0.2) is 8.42 Å². The Labute approximate surface area is 204 Å². The zero-order valence-electron chi connectivity index (χ0n) is 21.0. The Kier molecular flexibility index (Phi) is 9.82. The predicted octanol–water partition coefficient (Wildman–Crippen LogP) is 3.65. The van der Waals surface area contributed by atoms with Gasteiger partial charge in [0.2, 0.25) is 21.8 Å². The molecule has 2 amide bonds. The lowest BCUT2D eigenvalue weighted by Crippen LogP contribution is -2.53. The molecule has 0 heterocycles. The number of nitrogens with zero attached hydrogens (tertiary/aromatic N) is 2. The second kappa shape index (κ2) is 12.1. The number of sulfonamides is 1. The number of likely N-dealkylation sites (N-methyl/N-ethyl adjacent to an activating group) is 1. The molecule has 7 nitrogen and oxygen atoms in total. The molecule has 0 saturated heterocycles. The molecular weight excluding hydrogens is 450 g/mol. The molecule has 8 heteroatoms. The van der Waals surface area contributed by atoms with Crippen molar-refractivity contribution in [1.29, 1.82) is 0 Å². The maximum Gasteiger partial charge on any atom is 0.243 e. The fourth-order valence-electron chi connectivity index (χ4n) is 3.59. The van der Waals surface area contributed by atoms with E-state index >= 15 is 0 Å². The molecule has 2 atom stereocenters. The van der Waals surface area contributed by atoms with E-state index in [1.54, 1.807) is 12.1 Å². The van der Waals surface area contributed by atoms with E-state index in [1.807, 2.05) is 58.9 Å². The van der Waals surface area contributed by atoms with Crippen LogP contribution >= 0.6 is 0 Å². The zero-order valence-corrected chi connectivity index (χ0v) is 21.9. The molecule has 0 aliphatic heterocycles. The monoisotopic (exact) mass is 487 g/mol. The molecule has 0 aliphatic carbocycles. The molecule has 0 spiro atoms. The molecule has 0 unspecified atom stereocenters. The summed E-state index contributed by atoms with van der Waals surface area (Å²) in [6.07, 6.45) is 1.18. The van der Waals surface area contributed by atoms with Crippen LogP contribution in [0.2, 0.25) is 0 Å². The first-order chi connectivity index (χ1) is 16.0. The van der Waals surface area contributed by atoms with E-state index in [0.717, 1.165) is 27.4 Å². The molecule has 2 rings (SSSR count). The number of rotatable bonds is 11. The summed E-state index contributed by atoms with van der Waals surface area (Å²) in [4.78, 5) is 28.2. The third kappa shape index (κ3) is 6.90. The minimum atomic E-state index is -3.86. The van der Waals surface area contributed by atoms with Crippen LogP contribution in [0, 0.1) is 13.8 Å². The Hall–Kier alpha value is -2.71. The van der Waals surface area contributed by atoms with Gasteiger partial charge in [-0.3, -0.25) is 9.59 Å². The van der Waals surface area contributed by atoms with E-state index in [0.29, 0.717) is 6.42 Å². The molecule has 0 saturated carbocycles. The molecule has 186 valence electrons. The maximum atomic E-state index is 13.5. The van der Waals surface area contributed by atoms with Crippen molar-refractivity contribution in [2.24, 2.45) is 0 Å². The Morgan fingerprint density at radius 3 is 2.15 bits per heavy atom. The molecule has 1 N–H and O–H groups in total. The summed E-state index contributed by atoms with van der Waals surface area (Å²) in [6.45, 7) is 9.43. The third-order valence-corrected chi connectivity index (χ3v) is 7.89. The van der Waals surface area contributed by atoms with Crippen molar-refractivity contribution < 1.29 is 18.0 Å². The van der Waals surface area contributed by atoms with Crippen LogP contribution in [-0.4, -0.2) is 55.1 Å². The normalized spacial score (nSPS) is 13.4. The summed E-state index contributed by atoms with van der Waals surface area (Å²) in [7, 11) is -2.47. The second-order valence-electron chi connectivity index (χ2n) is 8.76. The average Bonchev–Trinajstić information content (AvgIpc) is 2.80. The highest BCUT2D eigenvalue weighted by Crippen LogP contribution is 2.19. The van der Waals surface area contributed by atoms with Gasteiger partial charge in [-0.05, 0) is 56.9 Å². The van der Waals surface area contributed by atoms with Crippen molar-refractivity contribution in [3.05, 3.63) is 65.2 Å². The smallest absolute Gasteiger partial charge is 0.243 e. The first kappa shape index (κ1) is 27.5. The maximum absolute atomic E-state index is 13.5. The average molecular weight is 488 g/mol. The third-order valence-electron chi connectivity index (χ3n) is 6.08. The van der Waals surface area contributed by atoms with Gasteiger partial charge in [-0.1, -0.05) is 55.8 Å². The van der Waals surface area contributed by atoms with Crippen molar-refractivity contribution in [1.82, 2.24) is 14.5 Å². The number of aryl methyl sites for hydroxylation is 2. The largest absolute Gasteiger partial charge is 0.352 e. The zero-order chi connectivity index (χ0) is 25.5. The summed E-state index contributed by atoms with van der Waals surface area (Å²) in [6, 6.07) is 13.4. The van der Waals surface area contributed by atoms with Crippen LogP contribution in [0.4, 0.5) is 0 Å². The van der Waals surface area contributed by atoms with Gasteiger partial charge in [0.1, 0.15) is 6.04 Å². The minimum Gasteiger partial charge on any atom is -0.352 e. The number of hydrogen-bond acceptors (Lipinski definition) is 4. The predicted molar refractivity (Wildman–Crippen MR) is 135 cm³/mol. The van der Waals surface area contributed by atoms with Crippen molar-refractivity contribution in [3.63, 3.8) is 0 Å². The van der Waals surface area contributed by atoms with Crippen LogP contribution < -0.4 is 5.32 Å². The standard InChI is InChI=1S/C26H37N3O4S/c1-7-21(5)27-26(31)24(8-2)29(17-22-12-10-9-11-20(22)4)25(30)18-28(6)34(32,33)23-15-13-19(3)14-16-23/h9-16,21,24H,7-8,17-18H2,1-6H3,(H,27,31)/t21-,24+/m0/s1. The van der Waals surface area contributed by atoms with Gasteiger partial charge in [-0.2, -0.15) is 4.31 Å². The minimum absolute atomic E-state index is 0.0263. The highest BCUT2D eigenvalue weighted by atomic mass is 32.2. The highest BCUT2D eigenvalue weighted by molar-refractivity contribution is 7.89. The molecule has 0 aromatic heterocycles. The number of carbonyl (C=O) groups excluding carboxylic acids is 2. The molecule has 0 aliphatic rings. The molecule has 2 aromatic rings. The van der Waals surface area contributed by atoms with Crippen LogP contribution in [0.15, 0.2) is 53.4 Å². The van der Waals surface area contributed by atoms with Crippen molar-refractivity contribution in [3.8, 4) is 0 Å². The Bertz CT molecular complexity index is 1080. The van der Waals surface area contributed by atoms with Crippen LogP contribution in [-0.2, 0) is 26.2 Å². The topological polar surface area (TPSA) is 86.8 Å². The summed E-state index contributed by atoms with van der Waals surface area (Å²) >= 11 is 0. The molecule has 0 bridgehead atoms. The fraction of sp³-hybridized carbons (Fsp3) is 0.462. The van der Waals surface area contributed by atoms with Gasteiger partial charge in [0.25, 0.3) is 0 Å². The van der Waals surface area contributed by atoms with E-state index in [-0.39, 0.29) is 29.9 Å². The lowest BCUT2D eigenvalue weighted by Gasteiger charge is -2.33. The number of hydrogen-bond donors (Lipinski definition) is 1. The lowest BCUT2D eigenvalue weighted by molar-refractivity contribution is -0.141. The number of carbonyl (C=O) groups is 2. The van der Waals surface area contributed by atoms with Gasteiger partial charge in [0.05, 0.1) is 11.4 Å². The van der Waals surface area contributed by atoms with Gasteiger partial charge < -0.3 is 10.2 Å². The molecule has 34 heavy (non-hydrogen) atoms. The summed E-state index contributed by atoms with van der Waals surface area (Å²) in [5, 5.41) is 2.97. The first-order valence-corrected chi connectivity index (χ1v) is 13.1.